The third-order valence-corrected chi connectivity index (χ3v) is 7.14. The second-order valence-electron chi connectivity index (χ2n) is 9.22. The molecule has 3 heterocycles. The lowest BCUT2D eigenvalue weighted by Gasteiger charge is -2.35. The SMILES string of the molecule is C[C@@H]1C[C@@H](C)CN(C(=O)Cn2c(=O)n(CCC(=O)NCc3ccccc3)c(=O)c3sccc32)C1. The van der Waals surface area contributed by atoms with Crippen molar-refractivity contribution in [3.8, 4) is 0 Å². The molecule has 9 heteroatoms. The first kappa shape index (κ1) is 23.9. The highest BCUT2D eigenvalue weighted by Gasteiger charge is 2.26. The molecule has 0 bridgehead atoms. The van der Waals surface area contributed by atoms with Crippen LogP contribution in [0.5, 0.6) is 0 Å². The van der Waals surface area contributed by atoms with Gasteiger partial charge in [-0.15, -0.1) is 11.3 Å². The molecular formula is C25H30N4O4S. The number of aromatic nitrogens is 2. The molecule has 1 fully saturated rings. The van der Waals surface area contributed by atoms with Crippen LogP contribution in [0, 0.1) is 11.8 Å². The Morgan fingerprint density at radius 1 is 1.03 bits per heavy atom. The molecule has 1 N–H and O–H groups in total. The minimum Gasteiger partial charge on any atom is -0.352 e. The molecule has 1 saturated heterocycles. The Bertz CT molecular complexity index is 1280. The number of likely N-dealkylation sites (tertiary alicyclic amines) is 1. The van der Waals surface area contributed by atoms with Gasteiger partial charge in [0.15, 0.2) is 0 Å². The Morgan fingerprint density at radius 3 is 2.44 bits per heavy atom. The molecule has 0 aliphatic carbocycles. The van der Waals surface area contributed by atoms with Gasteiger partial charge in [-0.1, -0.05) is 44.2 Å². The summed E-state index contributed by atoms with van der Waals surface area (Å²) in [6, 6.07) is 11.2. The van der Waals surface area contributed by atoms with E-state index in [0.29, 0.717) is 41.7 Å². The summed E-state index contributed by atoms with van der Waals surface area (Å²) in [5.41, 5.74) is 0.458. The van der Waals surface area contributed by atoms with E-state index >= 15 is 0 Å². The molecule has 180 valence electrons. The number of carbonyl (C=O) groups is 2. The summed E-state index contributed by atoms with van der Waals surface area (Å²) >= 11 is 1.24. The van der Waals surface area contributed by atoms with Gasteiger partial charge in [-0.05, 0) is 35.3 Å². The zero-order valence-corrected chi connectivity index (χ0v) is 20.3. The topological polar surface area (TPSA) is 93.4 Å². The van der Waals surface area contributed by atoms with Crippen LogP contribution in [0.4, 0.5) is 0 Å². The predicted octanol–water partition coefficient (Wildman–Crippen LogP) is 2.44. The summed E-state index contributed by atoms with van der Waals surface area (Å²) in [5, 5.41) is 4.56. The zero-order chi connectivity index (χ0) is 24.2. The molecule has 1 aliphatic rings. The summed E-state index contributed by atoms with van der Waals surface area (Å²) < 4.78 is 2.87. The third kappa shape index (κ3) is 5.30. The number of hydrogen-bond donors (Lipinski definition) is 1. The first-order chi connectivity index (χ1) is 16.3. The molecular weight excluding hydrogens is 452 g/mol. The molecule has 4 rings (SSSR count). The maximum absolute atomic E-state index is 13.3. The maximum atomic E-state index is 13.3. The van der Waals surface area contributed by atoms with Gasteiger partial charge >= 0.3 is 5.69 Å². The quantitative estimate of drug-likeness (QED) is 0.560. The van der Waals surface area contributed by atoms with Crippen LogP contribution in [0.1, 0.15) is 32.3 Å². The molecule has 3 aromatic rings. The van der Waals surface area contributed by atoms with Crippen LogP contribution in [-0.4, -0.2) is 38.9 Å². The van der Waals surface area contributed by atoms with Gasteiger partial charge < -0.3 is 10.2 Å². The van der Waals surface area contributed by atoms with Crippen molar-refractivity contribution < 1.29 is 9.59 Å². The van der Waals surface area contributed by atoms with Crippen molar-refractivity contribution >= 4 is 33.4 Å². The zero-order valence-electron chi connectivity index (χ0n) is 19.5. The molecule has 2 aromatic heterocycles. The van der Waals surface area contributed by atoms with Crippen molar-refractivity contribution in [2.75, 3.05) is 13.1 Å². The number of rotatable bonds is 7. The highest BCUT2D eigenvalue weighted by molar-refractivity contribution is 7.17. The summed E-state index contributed by atoms with van der Waals surface area (Å²) in [6.45, 7) is 5.82. The molecule has 0 saturated carbocycles. The van der Waals surface area contributed by atoms with Crippen molar-refractivity contribution in [1.29, 1.82) is 0 Å². The third-order valence-electron chi connectivity index (χ3n) is 6.25. The van der Waals surface area contributed by atoms with Crippen molar-refractivity contribution in [2.24, 2.45) is 11.8 Å². The summed E-state index contributed by atoms with van der Waals surface area (Å²) in [5.74, 6) is 0.446. The molecule has 2 amide bonds. The minimum absolute atomic E-state index is 0.00599. The van der Waals surface area contributed by atoms with E-state index in [4.69, 9.17) is 0 Å². The van der Waals surface area contributed by atoms with Crippen molar-refractivity contribution in [3.63, 3.8) is 0 Å². The van der Waals surface area contributed by atoms with Gasteiger partial charge in [0.05, 0.1) is 5.52 Å². The highest BCUT2D eigenvalue weighted by atomic mass is 32.1. The summed E-state index contributed by atoms with van der Waals surface area (Å²) in [6.07, 6.45) is 1.07. The lowest BCUT2D eigenvalue weighted by Crippen LogP contribution is -2.47. The van der Waals surface area contributed by atoms with E-state index in [1.165, 1.54) is 15.9 Å². The fraction of sp³-hybridized carbons (Fsp3) is 0.440. The number of benzene rings is 1. The number of fused-ring (bicyclic) bond motifs is 1. The van der Waals surface area contributed by atoms with Crippen LogP contribution in [-0.2, 0) is 29.2 Å². The molecule has 2 atom stereocenters. The van der Waals surface area contributed by atoms with Crippen LogP contribution < -0.4 is 16.6 Å². The van der Waals surface area contributed by atoms with Gasteiger partial charge in [-0.2, -0.15) is 0 Å². The average molecular weight is 483 g/mol. The number of amides is 2. The van der Waals surface area contributed by atoms with Crippen molar-refractivity contribution in [3.05, 3.63) is 68.2 Å². The standard InChI is InChI=1S/C25H30N4O4S/c1-17-12-18(2)15-27(14-17)22(31)16-29-20-9-11-34-23(20)24(32)28(25(29)33)10-8-21(30)26-13-19-6-4-3-5-7-19/h3-7,9,11,17-18H,8,10,12-16H2,1-2H3,(H,26,30)/t17-,18-/m1/s1. The number of nitrogens with zero attached hydrogens (tertiary/aromatic N) is 3. The van der Waals surface area contributed by atoms with Gasteiger partial charge in [-0.25, -0.2) is 4.79 Å². The van der Waals surface area contributed by atoms with Gasteiger partial charge in [0.2, 0.25) is 11.8 Å². The number of hydrogen-bond acceptors (Lipinski definition) is 5. The Hall–Kier alpha value is -3.20. The smallest absolute Gasteiger partial charge is 0.332 e. The number of thiophene rings is 1. The van der Waals surface area contributed by atoms with Crippen LogP contribution in [0.25, 0.3) is 10.2 Å². The van der Waals surface area contributed by atoms with Crippen LogP contribution in [0.2, 0.25) is 0 Å². The Balaban J connectivity index is 1.52. The first-order valence-electron chi connectivity index (χ1n) is 11.6. The van der Waals surface area contributed by atoms with E-state index < -0.39 is 11.2 Å². The van der Waals surface area contributed by atoms with Crippen LogP contribution in [0.15, 0.2) is 51.4 Å². The van der Waals surface area contributed by atoms with E-state index in [9.17, 15) is 19.2 Å². The Kier molecular flexibility index (Phi) is 7.31. The minimum atomic E-state index is -0.557. The number of carbonyl (C=O) groups excluding carboxylic acids is 2. The number of piperidine rings is 1. The largest absolute Gasteiger partial charge is 0.352 e. The predicted molar refractivity (Wildman–Crippen MR) is 133 cm³/mol. The van der Waals surface area contributed by atoms with E-state index in [1.54, 1.807) is 11.4 Å². The van der Waals surface area contributed by atoms with E-state index in [0.717, 1.165) is 16.6 Å². The molecule has 1 aliphatic heterocycles. The molecule has 1 aromatic carbocycles. The summed E-state index contributed by atoms with van der Waals surface area (Å²) in [4.78, 5) is 53.5. The Labute approximate surface area is 201 Å². The average Bonchev–Trinajstić information content (AvgIpc) is 3.30. The molecule has 0 radical (unpaired) electrons. The fourth-order valence-corrected chi connectivity index (χ4v) is 5.53. The lowest BCUT2D eigenvalue weighted by molar-refractivity contribution is -0.134. The van der Waals surface area contributed by atoms with Gasteiger partial charge in [0.1, 0.15) is 11.2 Å². The second kappa shape index (κ2) is 10.4. The van der Waals surface area contributed by atoms with E-state index in [1.807, 2.05) is 35.2 Å². The first-order valence-corrected chi connectivity index (χ1v) is 12.5. The lowest BCUT2D eigenvalue weighted by atomic mass is 9.92. The number of nitrogens with one attached hydrogen (secondary N) is 1. The summed E-state index contributed by atoms with van der Waals surface area (Å²) in [7, 11) is 0. The van der Waals surface area contributed by atoms with Crippen molar-refractivity contribution in [1.82, 2.24) is 19.4 Å². The normalized spacial score (nSPS) is 18.2. The molecule has 34 heavy (non-hydrogen) atoms. The van der Waals surface area contributed by atoms with Crippen LogP contribution in [0.3, 0.4) is 0 Å². The van der Waals surface area contributed by atoms with Crippen molar-refractivity contribution in [2.45, 2.75) is 46.3 Å². The van der Waals surface area contributed by atoms with Gasteiger partial charge in [0.25, 0.3) is 5.56 Å². The second-order valence-corrected chi connectivity index (χ2v) is 10.1. The highest BCUT2D eigenvalue weighted by Crippen LogP contribution is 2.22. The van der Waals surface area contributed by atoms with E-state index in [-0.39, 0.29) is 31.3 Å². The molecule has 0 spiro atoms. The van der Waals surface area contributed by atoms with E-state index in [2.05, 4.69) is 19.2 Å². The van der Waals surface area contributed by atoms with Crippen LogP contribution >= 0.6 is 11.3 Å². The monoisotopic (exact) mass is 482 g/mol. The molecule has 8 nitrogen and oxygen atoms in total. The fourth-order valence-electron chi connectivity index (χ4n) is 4.68. The van der Waals surface area contributed by atoms with Gasteiger partial charge in [0, 0.05) is 32.6 Å². The van der Waals surface area contributed by atoms with Gasteiger partial charge in [-0.3, -0.25) is 23.5 Å². The molecule has 0 unspecified atom stereocenters. The maximum Gasteiger partial charge on any atom is 0.332 e. The Morgan fingerprint density at radius 2 is 1.74 bits per heavy atom.